The number of nitrogens with one attached hydrogen (secondary N) is 3. The number of aromatic nitrogens is 1. The normalized spacial score (nSPS) is 14.9. The Labute approximate surface area is 241 Å². The van der Waals surface area contributed by atoms with Crippen LogP contribution in [-0.2, 0) is 0 Å². The quantitative estimate of drug-likeness (QED) is 0.138. The van der Waals surface area contributed by atoms with Crippen molar-refractivity contribution in [2.75, 3.05) is 5.43 Å². The van der Waals surface area contributed by atoms with Gasteiger partial charge in [-0.3, -0.25) is 4.98 Å². The number of hydrogen-bond acceptors (Lipinski definition) is 4. The lowest BCUT2D eigenvalue weighted by Crippen LogP contribution is -2.21. The Morgan fingerprint density at radius 3 is 2.39 bits per heavy atom. The van der Waals surface area contributed by atoms with E-state index < -0.39 is 0 Å². The lowest BCUT2D eigenvalue weighted by molar-refractivity contribution is 0.841. The lowest BCUT2D eigenvalue weighted by Gasteiger charge is -2.19. The van der Waals surface area contributed by atoms with Gasteiger partial charge in [0.25, 0.3) is 0 Å². The number of benzene rings is 4. The first-order valence-electron chi connectivity index (χ1n) is 13.9. The summed E-state index contributed by atoms with van der Waals surface area (Å²) in [5.74, 6) is 0.340. The Bertz CT molecular complexity index is 1780. The number of fused-ring (bicyclic) bond motifs is 1. The minimum absolute atomic E-state index is 0.340. The summed E-state index contributed by atoms with van der Waals surface area (Å²) >= 11 is 0. The maximum absolute atomic E-state index is 8.86. The van der Waals surface area contributed by atoms with Gasteiger partial charge in [-0.2, -0.15) is 0 Å². The third-order valence-corrected chi connectivity index (χ3v) is 7.57. The first-order valence-corrected chi connectivity index (χ1v) is 13.9. The van der Waals surface area contributed by atoms with Crippen LogP contribution in [0, 0.1) is 12.3 Å². The van der Waals surface area contributed by atoms with E-state index in [1.165, 1.54) is 27.5 Å². The zero-order valence-electron chi connectivity index (χ0n) is 23.0. The maximum atomic E-state index is 8.86. The summed E-state index contributed by atoms with van der Waals surface area (Å²) in [5.41, 5.74) is 15.6. The van der Waals surface area contributed by atoms with Gasteiger partial charge in [-0.1, -0.05) is 91.0 Å². The molecule has 3 N–H and O–H groups in total. The Hall–Kier alpha value is -5.22. The molecule has 0 fully saturated rings. The van der Waals surface area contributed by atoms with Crippen molar-refractivity contribution in [1.29, 1.82) is 5.41 Å². The first kappa shape index (κ1) is 26.0. The molecule has 1 aliphatic rings. The van der Waals surface area contributed by atoms with Crippen LogP contribution in [0.2, 0.25) is 0 Å². The van der Waals surface area contributed by atoms with Crippen LogP contribution >= 0.6 is 0 Å². The van der Waals surface area contributed by atoms with Crippen molar-refractivity contribution in [2.24, 2.45) is 0 Å². The summed E-state index contributed by atoms with van der Waals surface area (Å²) in [6, 6.07) is 35.7. The highest BCUT2D eigenvalue weighted by Gasteiger charge is 2.15. The van der Waals surface area contributed by atoms with E-state index in [2.05, 4.69) is 132 Å². The number of aryl methyl sites for hydroxylation is 1. The number of nitrogens with zero attached hydrogens (tertiary/aromatic N) is 1. The van der Waals surface area contributed by atoms with Gasteiger partial charge in [-0.05, 0) is 88.4 Å². The fourth-order valence-electron chi connectivity index (χ4n) is 5.25. The van der Waals surface area contributed by atoms with Gasteiger partial charge in [0.2, 0.25) is 0 Å². The Balaban J connectivity index is 1.17. The van der Waals surface area contributed by atoms with Crippen LogP contribution < -0.4 is 10.9 Å². The molecule has 0 saturated heterocycles. The van der Waals surface area contributed by atoms with Gasteiger partial charge in [0.05, 0.1) is 17.1 Å². The SMILES string of the molecule is Cc1ccccc1C1C=CC(C(=N)/C=C(\NNc2ccc(-c3ccc4ccccc4c3)cc2)c2cccnc2)=CC1. The summed E-state index contributed by atoms with van der Waals surface area (Å²) in [7, 11) is 0. The highest BCUT2D eigenvalue weighted by molar-refractivity contribution is 6.11. The second-order valence-corrected chi connectivity index (χ2v) is 10.3. The van der Waals surface area contributed by atoms with Crippen LogP contribution in [0.5, 0.6) is 0 Å². The van der Waals surface area contributed by atoms with Crippen molar-refractivity contribution in [1.82, 2.24) is 10.4 Å². The number of rotatable bonds is 8. The molecule has 1 aliphatic carbocycles. The highest BCUT2D eigenvalue weighted by atomic mass is 15.4. The predicted octanol–water partition coefficient (Wildman–Crippen LogP) is 8.86. The summed E-state index contributed by atoms with van der Waals surface area (Å²) in [6.07, 6.45) is 12.7. The number of hydrazine groups is 1. The van der Waals surface area contributed by atoms with E-state index in [9.17, 15) is 0 Å². The molecule has 6 rings (SSSR count). The smallest absolute Gasteiger partial charge is 0.0649 e. The van der Waals surface area contributed by atoms with Gasteiger partial charge in [-0.25, -0.2) is 0 Å². The van der Waals surface area contributed by atoms with Crippen LogP contribution in [0.1, 0.15) is 29.0 Å². The van der Waals surface area contributed by atoms with Crippen LogP contribution in [0.4, 0.5) is 5.69 Å². The van der Waals surface area contributed by atoms with Gasteiger partial charge < -0.3 is 16.3 Å². The first-order chi connectivity index (χ1) is 20.1. The van der Waals surface area contributed by atoms with Gasteiger partial charge >= 0.3 is 0 Å². The Kier molecular flexibility index (Phi) is 7.55. The molecule has 0 aliphatic heterocycles. The van der Waals surface area contributed by atoms with Gasteiger partial charge in [0.1, 0.15) is 0 Å². The largest absolute Gasteiger partial charge is 0.301 e. The van der Waals surface area contributed by atoms with Gasteiger partial charge in [-0.15, -0.1) is 0 Å². The molecule has 200 valence electrons. The molecule has 0 saturated carbocycles. The molecule has 5 aromatic rings. The zero-order chi connectivity index (χ0) is 28.0. The van der Waals surface area contributed by atoms with Crippen molar-refractivity contribution in [2.45, 2.75) is 19.3 Å². The van der Waals surface area contributed by atoms with Gasteiger partial charge in [0, 0.05) is 23.9 Å². The number of hydrogen-bond donors (Lipinski definition) is 3. The molecule has 1 unspecified atom stereocenters. The minimum Gasteiger partial charge on any atom is -0.301 e. The van der Waals surface area contributed by atoms with Crippen molar-refractivity contribution in [3.8, 4) is 11.1 Å². The number of anilines is 1. The molecular weight excluding hydrogens is 500 g/mol. The van der Waals surface area contributed by atoms with E-state index in [-0.39, 0.29) is 0 Å². The van der Waals surface area contributed by atoms with Crippen molar-refractivity contribution < 1.29 is 0 Å². The van der Waals surface area contributed by atoms with Crippen LogP contribution in [0.3, 0.4) is 0 Å². The summed E-state index contributed by atoms with van der Waals surface area (Å²) < 4.78 is 0. The summed E-state index contributed by atoms with van der Waals surface area (Å²) in [4.78, 5) is 4.29. The van der Waals surface area contributed by atoms with Crippen LogP contribution in [0.25, 0.3) is 27.6 Å². The maximum Gasteiger partial charge on any atom is 0.0649 e. The summed E-state index contributed by atoms with van der Waals surface area (Å²) in [6.45, 7) is 2.16. The van der Waals surface area contributed by atoms with E-state index in [0.29, 0.717) is 11.6 Å². The molecule has 1 atom stereocenters. The van der Waals surface area contributed by atoms with E-state index in [0.717, 1.165) is 34.5 Å². The fraction of sp³-hybridized carbons (Fsp3) is 0.0811. The molecule has 0 radical (unpaired) electrons. The molecule has 1 heterocycles. The summed E-state index contributed by atoms with van der Waals surface area (Å²) in [5, 5.41) is 11.3. The Morgan fingerprint density at radius 1 is 0.854 bits per heavy atom. The fourth-order valence-corrected chi connectivity index (χ4v) is 5.25. The third-order valence-electron chi connectivity index (χ3n) is 7.57. The monoisotopic (exact) mass is 532 g/mol. The van der Waals surface area contributed by atoms with Crippen molar-refractivity contribution in [3.05, 3.63) is 162 Å². The molecule has 4 nitrogen and oxygen atoms in total. The Morgan fingerprint density at radius 2 is 1.63 bits per heavy atom. The van der Waals surface area contributed by atoms with E-state index >= 15 is 0 Å². The molecular formula is C37H32N4. The van der Waals surface area contributed by atoms with E-state index in [1.54, 1.807) is 12.4 Å². The zero-order valence-corrected chi connectivity index (χ0v) is 23.0. The minimum atomic E-state index is 0.340. The molecule has 41 heavy (non-hydrogen) atoms. The topological polar surface area (TPSA) is 60.8 Å². The number of allylic oxidation sites excluding steroid dienone is 5. The highest BCUT2D eigenvalue weighted by Crippen LogP contribution is 2.30. The second-order valence-electron chi connectivity index (χ2n) is 10.3. The molecule has 4 heteroatoms. The third kappa shape index (κ3) is 6.02. The number of pyridine rings is 1. The standard InChI is InChI=1S/C37H32N4/c1-26-7-2-5-11-35(26)29-13-15-30(16-14-29)36(38)24-37(33-10-6-22-39-25-33)41-40-34-20-18-28(19-21-34)32-17-12-27-8-3-4-9-31(27)23-32/h2-13,15-25,29,38,40-41H,14H2,1H3/b37-24-,38-36?. The predicted molar refractivity (Wildman–Crippen MR) is 172 cm³/mol. The average Bonchev–Trinajstić information content (AvgIpc) is 3.04. The lowest BCUT2D eigenvalue weighted by atomic mass is 9.87. The molecule has 1 aromatic heterocycles. The molecule has 0 bridgehead atoms. The molecule has 0 amide bonds. The second kappa shape index (κ2) is 11.9. The molecule has 0 spiro atoms. The van der Waals surface area contributed by atoms with Gasteiger partial charge in [0.15, 0.2) is 0 Å². The average molecular weight is 533 g/mol. The van der Waals surface area contributed by atoms with Crippen molar-refractivity contribution >= 4 is 27.9 Å². The van der Waals surface area contributed by atoms with Crippen molar-refractivity contribution in [3.63, 3.8) is 0 Å². The van der Waals surface area contributed by atoms with Crippen LogP contribution in [-0.4, -0.2) is 10.7 Å². The van der Waals surface area contributed by atoms with Crippen LogP contribution in [0.15, 0.2) is 145 Å². The van der Waals surface area contributed by atoms with E-state index in [4.69, 9.17) is 5.41 Å². The van der Waals surface area contributed by atoms with E-state index in [1.807, 2.05) is 18.2 Å². The molecule has 4 aromatic carbocycles.